The van der Waals surface area contributed by atoms with Crippen LogP contribution >= 0.6 is 0 Å². The lowest BCUT2D eigenvalue weighted by molar-refractivity contribution is -0.139. The van der Waals surface area contributed by atoms with E-state index in [1.807, 2.05) is 51.1 Å². The van der Waals surface area contributed by atoms with Gasteiger partial charge in [0, 0.05) is 6.42 Å². The Bertz CT molecular complexity index is 710. The molecule has 0 unspecified atom stereocenters. The Morgan fingerprint density at radius 2 is 1.92 bits per heavy atom. The zero-order chi connectivity index (χ0) is 17.7. The van der Waals surface area contributed by atoms with Gasteiger partial charge in [0.15, 0.2) is 0 Å². The van der Waals surface area contributed by atoms with E-state index in [4.69, 9.17) is 0 Å². The van der Waals surface area contributed by atoms with E-state index in [1.54, 1.807) is 4.68 Å². The summed E-state index contributed by atoms with van der Waals surface area (Å²) < 4.78 is 1.60. The Morgan fingerprint density at radius 1 is 1.25 bits per heavy atom. The minimum atomic E-state index is -1.06. The molecule has 1 aromatic carbocycles. The van der Waals surface area contributed by atoms with Crippen molar-refractivity contribution in [2.75, 3.05) is 0 Å². The van der Waals surface area contributed by atoms with Gasteiger partial charge in [-0.1, -0.05) is 39.0 Å². The summed E-state index contributed by atoms with van der Waals surface area (Å²) in [7, 11) is 0. The second kappa shape index (κ2) is 7.72. The third-order valence-electron chi connectivity index (χ3n) is 3.50. The molecule has 1 aromatic heterocycles. The summed E-state index contributed by atoms with van der Waals surface area (Å²) in [5, 5.41) is 16.0. The van der Waals surface area contributed by atoms with Gasteiger partial charge in [0.2, 0.25) is 5.82 Å². The van der Waals surface area contributed by atoms with Crippen LogP contribution in [0.15, 0.2) is 30.3 Å². The van der Waals surface area contributed by atoms with E-state index in [9.17, 15) is 14.7 Å². The quantitative estimate of drug-likeness (QED) is 0.810. The molecule has 0 aliphatic carbocycles. The smallest absolute Gasteiger partial charge is 0.326 e. The standard InChI is InChI=1S/C17H22N4O3/c1-4-14-19-15(20-21(14)12-8-6-5-7-9-12)16(22)18-13(17(23)24)10-11(2)3/h5-9,11,13H,4,10H2,1-3H3,(H,18,22)(H,23,24)/t13-/m1/s1. The zero-order valence-electron chi connectivity index (χ0n) is 14.1. The lowest BCUT2D eigenvalue weighted by Gasteiger charge is -2.15. The maximum Gasteiger partial charge on any atom is 0.326 e. The molecule has 0 bridgehead atoms. The van der Waals surface area contributed by atoms with Crippen molar-refractivity contribution in [1.29, 1.82) is 0 Å². The van der Waals surface area contributed by atoms with Crippen LogP contribution in [0.5, 0.6) is 0 Å². The number of nitrogens with one attached hydrogen (secondary N) is 1. The van der Waals surface area contributed by atoms with E-state index in [0.29, 0.717) is 18.7 Å². The summed E-state index contributed by atoms with van der Waals surface area (Å²) in [6.45, 7) is 5.73. The summed E-state index contributed by atoms with van der Waals surface area (Å²) in [6.07, 6.45) is 0.949. The Balaban J connectivity index is 2.24. The number of aryl methyl sites for hydroxylation is 1. The average Bonchev–Trinajstić information content (AvgIpc) is 2.99. The van der Waals surface area contributed by atoms with Gasteiger partial charge in [-0.3, -0.25) is 4.79 Å². The molecule has 128 valence electrons. The van der Waals surface area contributed by atoms with Gasteiger partial charge in [0.25, 0.3) is 5.91 Å². The van der Waals surface area contributed by atoms with Crippen molar-refractivity contribution in [3.63, 3.8) is 0 Å². The molecule has 1 atom stereocenters. The monoisotopic (exact) mass is 330 g/mol. The third kappa shape index (κ3) is 4.18. The summed E-state index contributed by atoms with van der Waals surface area (Å²) in [4.78, 5) is 27.9. The van der Waals surface area contributed by atoms with Gasteiger partial charge >= 0.3 is 5.97 Å². The molecule has 0 fully saturated rings. The number of nitrogens with zero attached hydrogens (tertiary/aromatic N) is 3. The Labute approximate surface area is 140 Å². The maximum absolute atomic E-state index is 12.3. The van der Waals surface area contributed by atoms with Gasteiger partial charge in [-0.05, 0) is 24.5 Å². The fraction of sp³-hybridized carbons (Fsp3) is 0.412. The van der Waals surface area contributed by atoms with Gasteiger partial charge in [0.1, 0.15) is 11.9 Å². The van der Waals surface area contributed by atoms with Crippen LogP contribution < -0.4 is 5.32 Å². The molecular formula is C17H22N4O3. The molecule has 2 aromatic rings. The number of carbonyl (C=O) groups is 2. The summed E-state index contributed by atoms with van der Waals surface area (Å²) in [6, 6.07) is 8.43. The predicted molar refractivity (Wildman–Crippen MR) is 89.1 cm³/mol. The van der Waals surface area contributed by atoms with Crippen molar-refractivity contribution in [3.8, 4) is 5.69 Å². The molecular weight excluding hydrogens is 308 g/mol. The normalized spacial score (nSPS) is 12.2. The number of carboxylic acids is 1. The highest BCUT2D eigenvalue weighted by Crippen LogP contribution is 2.11. The van der Waals surface area contributed by atoms with Crippen LogP contribution in [0, 0.1) is 5.92 Å². The minimum absolute atomic E-state index is 0.0225. The van der Waals surface area contributed by atoms with Crippen LogP contribution in [0.25, 0.3) is 5.69 Å². The Morgan fingerprint density at radius 3 is 2.46 bits per heavy atom. The number of rotatable bonds is 7. The van der Waals surface area contributed by atoms with Crippen molar-refractivity contribution in [3.05, 3.63) is 42.0 Å². The molecule has 1 heterocycles. The van der Waals surface area contributed by atoms with Crippen LogP contribution in [0.2, 0.25) is 0 Å². The summed E-state index contributed by atoms with van der Waals surface area (Å²) in [5.41, 5.74) is 0.804. The van der Waals surface area contributed by atoms with Gasteiger partial charge in [-0.25, -0.2) is 14.5 Å². The number of benzene rings is 1. The number of hydrogen-bond donors (Lipinski definition) is 2. The first kappa shape index (κ1) is 17.7. The summed E-state index contributed by atoms with van der Waals surface area (Å²) in [5.74, 6) is -0.872. The molecule has 1 amide bonds. The van der Waals surface area contributed by atoms with Crippen LogP contribution in [0.4, 0.5) is 0 Å². The van der Waals surface area contributed by atoms with Crippen molar-refractivity contribution in [2.45, 2.75) is 39.7 Å². The Hall–Kier alpha value is -2.70. The highest BCUT2D eigenvalue weighted by molar-refractivity contribution is 5.93. The number of amides is 1. The molecule has 7 nitrogen and oxygen atoms in total. The van der Waals surface area contributed by atoms with Crippen LogP contribution in [0.1, 0.15) is 43.6 Å². The highest BCUT2D eigenvalue weighted by atomic mass is 16.4. The minimum Gasteiger partial charge on any atom is -0.480 e. The van der Waals surface area contributed by atoms with Crippen molar-refractivity contribution >= 4 is 11.9 Å². The number of hydrogen-bond acceptors (Lipinski definition) is 4. The molecule has 2 rings (SSSR count). The van der Waals surface area contributed by atoms with Crippen molar-refractivity contribution in [1.82, 2.24) is 20.1 Å². The highest BCUT2D eigenvalue weighted by Gasteiger charge is 2.24. The number of aromatic nitrogens is 3. The second-order valence-electron chi connectivity index (χ2n) is 5.95. The first-order valence-electron chi connectivity index (χ1n) is 7.97. The van der Waals surface area contributed by atoms with Crippen LogP contribution in [-0.2, 0) is 11.2 Å². The van der Waals surface area contributed by atoms with Crippen LogP contribution in [0.3, 0.4) is 0 Å². The number of para-hydroxylation sites is 1. The molecule has 7 heteroatoms. The van der Waals surface area contributed by atoms with E-state index in [1.165, 1.54) is 0 Å². The SMILES string of the molecule is CCc1nc(C(=O)N[C@H](CC(C)C)C(=O)O)nn1-c1ccccc1. The lowest BCUT2D eigenvalue weighted by Crippen LogP contribution is -2.42. The van der Waals surface area contributed by atoms with E-state index in [0.717, 1.165) is 5.69 Å². The summed E-state index contributed by atoms with van der Waals surface area (Å²) >= 11 is 0. The van der Waals surface area contributed by atoms with Crippen molar-refractivity contribution in [2.24, 2.45) is 5.92 Å². The number of carbonyl (C=O) groups excluding carboxylic acids is 1. The predicted octanol–water partition coefficient (Wildman–Crippen LogP) is 2.06. The number of carboxylic acid groups (broad SMARTS) is 1. The molecule has 0 spiro atoms. The topological polar surface area (TPSA) is 97.1 Å². The van der Waals surface area contributed by atoms with Gasteiger partial charge in [-0.2, -0.15) is 0 Å². The maximum atomic E-state index is 12.3. The Kier molecular flexibility index (Phi) is 5.68. The fourth-order valence-corrected chi connectivity index (χ4v) is 2.36. The molecule has 0 saturated carbocycles. The zero-order valence-corrected chi connectivity index (χ0v) is 14.1. The van der Waals surface area contributed by atoms with Gasteiger partial charge in [-0.15, -0.1) is 5.10 Å². The fourth-order valence-electron chi connectivity index (χ4n) is 2.36. The van der Waals surface area contributed by atoms with Crippen molar-refractivity contribution < 1.29 is 14.7 Å². The number of aliphatic carboxylic acids is 1. The first-order valence-corrected chi connectivity index (χ1v) is 7.97. The van der Waals surface area contributed by atoms with E-state index in [-0.39, 0.29) is 11.7 Å². The first-order chi connectivity index (χ1) is 11.4. The molecule has 2 N–H and O–H groups in total. The molecule has 0 saturated heterocycles. The average molecular weight is 330 g/mol. The largest absolute Gasteiger partial charge is 0.480 e. The molecule has 24 heavy (non-hydrogen) atoms. The van der Waals surface area contributed by atoms with E-state index in [2.05, 4.69) is 15.4 Å². The second-order valence-corrected chi connectivity index (χ2v) is 5.95. The van der Waals surface area contributed by atoms with Gasteiger partial charge in [0.05, 0.1) is 5.69 Å². The van der Waals surface area contributed by atoms with E-state index < -0.39 is 17.9 Å². The molecule has 0 aliphatic rings. The third-order valence-corrected chi connectivity index (χ3v) is 3.50. The van der Waals surface area contributed by atoms with E-state index >= 15 is 0 Å². The molecule has 0 aliphatic heterocycles. The lowest BCUT2D eigenvalue weighted by atomic mass is 10.0. The molecule has 0 radical (unpaired) electrons. The van der Waals surface area contributed by atoms with Gasteiger partial charge < -0.3 is 10.4 Å². The van der Waals surface area contributed by atoms with Crippen LogP contribution in [-0.4, -0.2) is 37.8 Å².